The lowest BCUT2D eigenvalue weighted by atomic mass is 10.0. The zero-order valence-corrected chi connectivity index (χ0v) is 9.03. The standard InChI is InChI=1S/C13H15NO/c1-10(14-15-2)12-8-7-11-5-3-4-6-13(11)9-12/h3-10,14H,1-2H3. The van der Waals surface area contributed by atoms with Crippen LogP contribution in [0.25, 0.3) is 10.8 Å². The van der Waals surface area contributed by atoms with Gasteiger partial charge in [0.2, 0.25) is 0 Å². The highest BCUT2D eigenvalue weighted by Crippen LogP contribution is 2.19. The van der Waals surface area contributed by atoms with Crippen LogP contribution in [0, 0.1) is 0 Å². The van der Waals surface area contributed by atoms with E-state index in [9.17, 15) is 0 Å². The molecule has 0 bridgehead atoms. The fourth-order valence-corrected chi connectivity index (χ4v) is 1.72. The van der Waals surface area contributed by atoms with Gasteiger partial charge in [-0.2, -0.15) is 5.48 Å². The van der Waals surface area contributed by atoms with Gasteiger partial charge in [-0.05, 0) is 29.3 Å². The van der Waals surface area contributed by atoms with Gasteiger partial charge in [-0.15, -0.1) is 0 Å². The molecule has 78 valence electrons. The average molecular weight is 201 g/mol. The van der Waals surface area contributed by atoms with Crippen LogP contribution in [-0.2, 0) is 4.84 Å². The van der Waals surface area contributed by atoms with Crippen LogP contribution in [0.15, 0.2) is 42.5 Å². The summed E-state index contributed by atoms with van der Waals surface area (Å²) in [6.07, 6.45) is 0. The third-order valence-corrected chi connectivity index (χ3v) is 2.57. The van der Waals surface area contributed by atoms with E-state index in [4.69, 9.17) is 4.84 Å². The molecule has 0 aliphatic carbocycles. The number of fused-ring (bicyclic) bond motifs is 1. The Morgan fingerprint density at radius 2 is 1.80 bits per heavy atom. The maximum Gasteiger partial charge on any atom is 0.0572 e. The Morgan fingerprint density at radius 3 is 2.53 bits per heavy atom. The van der Waals surface area contributed by atoms with Crippen LogP contribution in [0.2, 0.25) is 0 Å². The van der Waals surface area contributed by atoms with Gasteiger partial charge in [-0.25, -0.2) is 0 Å². The lowest BCUT2D eigenvalue weighted by molar-refractivity contribution is 0.0659. The van der Waals surface area contributed by atoms with Crippen LogP contribution in [0.1, 0.15) is 18.5 Å². The Balaban J connectivity index is 2.38. The Hall–Kier alpha value is -1.38. The molecule has 0 saturated heterocycles. The van der Waals surface area contributed by atoms with Crippen LogP contribution in [0.5, 0.6) is 0 Å². The lowest BCUT2D eigenvalue weighted by Gasteiger charge is -2.12. The number of nitrogens with one attached hydrogen (secondary N) is 1. The molecule has 1 N–H and O–H groups in total. The third kappa shape index (κ3) is 2.17. The van der Waals surface area contributed by atoms with Gasteiger partial charge in [0.15, 0.2) is 0 Å². The SMILES string of the molecule is CONC(C)c1ccc2ccccc2c1. The minimum Gasteiger partial charge on any atom is -0.305 e. The Morgan fingerprint density at radius 1 is 1.07 bits per heavy atom. The van der Waals surface area contributed by atoms with Gasteiger partial charge < -0.3 is 4.84 Å². The summed E-state index contributed by atoms with van der Waals surface area (Å²) in [4.78, 5) is 4.92. The van der Waals surface area contributed by atoms with Gasteiger partial charge >= 0.3 is 0 Å². The molecule has 0 aliphatic rings. The average Bonchev–Trinajstić information content (AvgIpc) is 2.29. The van der Waals surface area contributed by atoms with Gasteiger partial charge in [0.25, 0.3) is 0 Å². The highest BCUT2D eigenvalue weighted by Gasteiger charge is 2.04. The summed E-state index contributed by atoms with van der Waals surface area (Å²) in [5.41, 5.74) is 4.16. The second-order valence-electron chi connectivity index (χ2n) is 3.65. The molecule has 0 spiro atoms. The van der Waals surface area contributed by atoms with Gasteiger partial charge in [-0.3, -0.25) is 0 Å². The number of hydroxylamine groups is 1. The molecular formula is C13H15NO. The van der Waals surface area contributed by atoms with Crippen molar-refractivity contribution in [3.05, 3.63) is 48.0 Å². The summed E-state index contributed by atoms with van der Waals surface area (Å²) in [6.45, 7) is 2.08. The summed E-state index contributed by atoms with van der Waals surface area (Å²) in [6, 6.07) is 15.0. The van der Waals surface area contributed by atoms with Crippen molar-refractivity contribution in [2.45, 2.75) is 13.0 Å². The first-order valence-electron chi connectivity index (χ1n) is 5.08. The topological polar surface area (TPSA) is 21.3 Å². The molecule has 0 radical (unpaired) electrons. The molecule has 2 nitrogen and oxygen atoms in total. The van der Waals surface area contributed by atoms with Gasteiger partial charge in [0, 0.05) is 0 Å². The zero-order chi connectivity index (χ0) is 10.7. The summed E-state index contributed by atoms with van der Waals surface area (Å²) in [5, 5.41) is 2.53. The van der Waals surface area contributed by atoms with Crippen molar-refractivity contribution in [1.29, 1.82) is 0 Å². The van der Waals surface area contributed by atoms with E-state index in [1.165, 1.54) is 16.3 Å². The number of hydrogen-bond donors (Lipinski definition) is 1. The maximum atomic E-state index is 4.92. The second-order valence-corrected chi connectivity index (χ2v) is 3.65. The Labute approximate surface area is 89.8 Å². The van der Waals surface area contributed by atoms with E-state index in [2.05, 4.69) is 54.9 Å². The molecule has 15 heavy (non-hydrogen) atoms. The molecule has 2 rings (SSSR count). The molecule has 0 heterocycles. The minimum atomic E-state index is 0.208. The van der Waals surface area contributed by atoms with Crippen LogP contribution in [-0.4, -0.2) is 7.11 Å². The van der Waals surface area contributed by atoms with Crippen LogP contribution >= 0.6 is 0 Å². The normalized spacial score (nSPS) is 12.9. The number of hydrogen-bond acceptors (Lipinski definition) is 2. The highest BCUT2D eigenvalue weighted by molar-refractivity contribution is 5.83. The third-order valence-electron chi connectivity index (χ3n) is 2.57. The van der Waals surface area contributed by atoms with Crippen molar-refractivity contribution in [2.75, 3.05) is 7.11 Å². The van der Waals surface area contributed by atoms with Crippen molar-refractivity contribution in [3.63, 3.8) is 0 Å². The molecule has 1 atom stereocenters. The van der Waals surface area contributed by atoms with E-state index in [-0.39, 0.29) is 6.04 Å². The molecule has 2 aromatic carbocycles. The van der Waals surface area contributed by atoms with E-state index < -0.39 is 0 Å². The van der Waals surface area contributed by atoms with Gasteiger partial charge in [0.1, 0.15) is 0 Å². The smallest absolute Gasteiger partial charge is 0.0572 e. The molecule has 0 amide bonds. The van der Waals surface area contributed by atoms with E-state index in [0.29, 0.717) is 0 Å². The van der Waals surface area contributed by atoms with Crippen molar-refractivity contribution in [2.24, 2.45) is 0 Å². The molecule has 0 fully saturated rings. The summed E-state index contributed by atoms with van der Waals surface area (Å²) < 4.78 is 0. The van der Waals surface area contributed by atoms with Crippen molar-refractivity contribution < 1.29 is 4.84 Å². The monoisotopic (exact) mass is 201 g/mol. The fraction of sp³-hybridized carbons (Fsp3) is 0.231. The summed E-state index contributed by atoms with van der Waals surface area (Å²) >= 11 is 0. The fourth-order valence-electron chi connectivity index (χ4n) is 1.72. The summed E-state index contributed by atoms with van der Waals surface area (Å²) in [5.74, 6) is 0. The first kappa shape index (κ1) is 10.1. The molecular weight excluding hydrogens is 186 g/mol. The highest BCUT2D eigenvalue weighted by atomic mass is 16.6. The van der Waals surface area contributed by atoms with Crippen molar-refractivity contribution in [1.82, 2.24) is 5.48 Å². The van der Waals surface area contributed by atoms with Crippen LogP contribution in [0.3, 0.4) is 0 Å². The van der Waals surface area contributed by atoms with E-state index in [0.717, 1.165) is 0 Å². The molecule has 2 aromatic rings. The van der Waals surface area contributed by atoms with Crippen molar-refractivity contribution in [3.8, 4) is 0 Å². The van der Waals surface area contributed by atoms with Crippen molar-refractivity contribution >= 4 is 10.8 Å². The Bertz CT molecular complexity index is 453. The first-order chi connectivity index (χ1) is 7.31. The van der Waals surface area contributed by atoms with E-state index in [1.54, 1.807) is 7.11 Å². The van der Waals surface area contributed by atoms with Gasteiger partial charge in [-0.1, -0.05) is 36.4 Å². The van der Waals surface area contributed by atoms with Gasteiger partial charge in [0.05, 0.1) is 13.2 Å². The first-order valence-corrected chi connectivity index (χ1v) is 5.08. The summed E-state index contributed by atoms with van der Waals surface area (Å²) in [7, 11) is 1.64. The van der Waals surface area contributed by atoms with Crippen LogP contribution in [0.4, 0.5) is 0 Å². The molecule has 1 unspecified atom stereocenters. The van der Waals surface area contributed by atoms with E-state index in [1.807, 2.05) is 0 Å². The predicted molar refractivity (Wildman–Crippen MR) is 62.5 cm³/mol. The zero-order valence-electron chi connectivity index (χ0n) is 9.03. The lowest BCUT2D eigenvalue weighted by Crippen LogP contribution is -2.16. The quantitative estimate of drug-likeness (QED) is 0.771. The number of rotatable bonds is 3. The predicted octanol–water partition coefficient (Wildman–Crippen LogP) is 3.05. The minimum absolute atomic E-state index is 0.208. The maximum absolute atomic E-state index is 4.92. The molecule has 0 aromatic heterocycles. The van der Waals surface area contributed by atoms with E-state index >= 15 is 0 Å². The van der Waals surface area contributed by atoms with Crippen LogP contribution < -0.4 is 5.48 Å². The Kier molecular flexibility index (Phi) is 2.99. The number of benzene rings is 2. The second kappa shape index (κ2) is 4.43. The molecule has 2 heteroatoms. The molecule has 0 aliphatic heterocycles. The molecule has 0 saturated carbocycles. The largest absolute Gasteiger partial charge is 0.305 e.